The minimum Gasteiger partial charge on any atom is -0.488 e. The lowest BCUT2D eigenvalue weighted by atomic mass is 9.99. The number of fused-ring (bicyclic) bond motifs is 2. The Morgan fingerprint density at radius 2 is 1.67 bits per heavy atom. The van der Waals surface area contributed by atoms with E-state index in [-0.39, 0.29) is 30.8 Å². The fourth-order valence-corrected chi connectivity index (χ4v) is 5.27. The molecule has 3 atom stereocenters. The van der Waals surface area contributed by atoms with Gasteiger partial charge in [-0.15, -0.1) is 0 Å². The van der Waals surface area contributed by atoms with Crippen molar-refractivity contribution in [3.63, 3.8) is 0 Å². The zero-order valence-electron chi connectivity index (χ0n) is 25.1. The molecule has 3 N–H and O–H groups in total. The molecule has 0 saturated heterocycles. The smallest absolute Gasteiger partial charge is 0.416 e. The molecule has 0 unspecified atom stereocenters. The molecule has 3 amide bonds. The lowest BCUT2D eigenvalue weighted by Gasteiger charge is -2.38. The van der Waals surface area contributed by atoms with Crippen LogP contribution in [0.15, 0.2) is 60.7 Å². The van der Waals surface area contributed by atoms with Gasteiger partial charge in [0, 0.05) is 43.0 Å². The van der Waals surface area contributed by atoms with Gasteiger partial charge < -0.3 is 34.9 Å². The van der Waals surface area contributed by atoms with Gasteiger partial charge in [0.25, 0.3) is 5.91 Å². The van der Waals surface area contributed by atoms with Gasteiger partial charge in [-0.05, 0) is 62.0 Å². The third-order valence-corrected chi connectivity index (χ3v) is 7.78. The molecule has 0 spiro atoms. The second kappa shape index (κ2) is 13.2. The summed E-state index contributed by atoms with van der Waals surface area (Å²) in [6.45, 7) is 4.65. The monoisotopic (exact) mass is 628 g/mol. The summed E-state index contributed by atoms with van der Waals surface area (Å²) >= 11 is 0. The number of anilines is 2. The highest BCUT2D eigenvalue weighted by molar-refractivity contribution is 6.02. The predicted octanol–water partition coefficient (Wildman–Crippen LogP) is 5.43. The van der Waals surface area contributed by atoms with Crippen molar-refractivity contribution >= 4 is 23.3 Å². The maximum Gasteiger partial charge on any atom is 0.416 e. The van der Waals surface area contributed by atoms with Crippen LogP contribution in [0.5, 0.6) is 17.2 Å². The Hall–Kier alpha value is -4.49. The van der Waals surface area contributed by atoms with Crippen LogP contribution in [0.25, 0.3) is 0 Å². The number of carbonyl (C=O) groups is 2. The molecule has 0 radical (unpaired) electrons. The van der Waals surface area contributed by atoms with Crippen LogP contribution < -0.4 is 24.8 Å². The number of halogens is 3. The minimum absolute atomic E-state index is 0.108. The summed E-state index contributed by atoms with van der Waals surface area (Å²) in [5.74, 6) is 0.910. The van der Waals surface area contributed by atoms with Gasteiger partial charge in [0.05, 0.1) is 23.8 Å². The highest BCUT2D eigenvalue weighted by Crippen LogP contribution is 2.35. The molecule has 13 heteroatoms. The van der Waals surface area contributed by atoms with E-state index in [0.29, 0.717) is 53.8 Å². The number of nitrogens with zero attached hydrogens (tertiary/aromatic N) is 2. The molecule has 0 saturated carbocycles. The van der Waals surface area contributed by atoms with Crippen LogP contribution in [0, 0.1) is 5.92 Å². The zero-order valence-corrected chi connectivity index (χ0v) is 25.1. The second-order valence-electron chi connectivity index (χ2n) is 11.4. The van der Waals surface area contributed by atoms with Crippen LogP contribution in [0.4, 0.5) is 29.3 Å². The number of hydrogen-bond acceptors (Lipinski definition) is 7. The first kappa shape index (κ1) is 31.9. The van der Waals surface area contributed by atoms with Crippen molar-refractivity contribution in [2.75, 3.05) is 44.2 Å². The molecule has 2 aliphatic rings. The molecule has 10 nitrogen and oxygen atoms in total. The van der Waals surface area contributed by atoms with E-state index in [2.05, 4.69) is 10.6 Å². The van der Waals surface area contributed by atoms with Crippen LogP contribution in [0.1, 0.15) is 35.3 Å². The summed E-state index contributed by atoms with van der Waals surface area (Å²) in [5, 5.41) is 15.4. The number of aliphatic hydroxyl groups excluding tert-OH is 1. The number of alkyl halides is 3. The van der Waals surface area contributed by atoms with E-state index in [0.717, 1.165) is 12.1 Å². The maximum atomic E-state index is 13.7. The average Bonchev–Trinajstić information content (AvgIpc) is 3.46. The Morgan fingerprint density at radius 1 is 1.02 bits per heavy atom. The first-order chi connectivity index (χ1) is 21.4. The molecular formula is C32H35F3N4O6. The van der Waals surface area contributed by atoms with Gasteiger partial charge in [0.2, 0.25) is 6.79 Å². The molecule has 3 aromatic carbocycles. The van der Waals surface area contributed by atoms with E-state index in [1.165, 1.54) is 18.2 Å². The molecule has 45 heavy (non-hydrogen) atoms. The first-order valence-corrected chi connectivity index (χ1v) is 14.5. The summed E-state index contributed by atoms with van der Waals surface area (Å²) < 4.78 is 56.0. The Balaban J connectivity index is 1.32. The lowest BCUT2D eigenvalue weighted by Crippen LogP contribution is -2.49. The van der Waals surface area contributed by atoms with Crippen molar-refractivity contribution in [2.45, 2.75) is 38.7 Å². The SMILES string of the molecule is C[C@H](CO)N1C[C@H](C)[C@@H](CN(C)Cc2ccc(C(F)(F)F)cc2)Oc2ccc(NC(=O)Nc3ccc4c(c3)OCO4)cc2C1=O. The highest BCUT2D eigenvalue weighted by atomic mass is 19.4. The molecule has 0 fully saturated rings. The Morgan fingerprint density at radius 3 is 2.33 bits per heavy atom. The molecule has 2 aliphatic heterocycles. The molecular weight excluding hydrogens is 593 g/mol. The van der Waals surface area contributed by atoms with Crippen LogP contribution in [0.2, 0.25) is 0 Å². The van der Waals surface area contributed by atoms with Gasteiger partial charge in [-0.2, -0.15) is 13.2 Å². The standard InChI is InChI=1S/C32H35F3N4O6/c1-19-14-39(20(2)17-40)30(41)25-12-23(36-31(42)37-24-9-11-27-28(13-24)44-18-43-27)8-10-26(25)45-29(19)16-38(3)15-21-4-6-22(7-5-21)32(33,34)35/h4-13,19-20,29,40H,14-18H2,1-3H3,(H2,36,37,42)/t19-,20+,29+/m0/s1. The van der Waals surface area contributed by atoms with E-state index < -0.39 is 29.9 Å². The highest BCUT2D eigenvalue weighted by Gasteiger charge is 2.34. The summed E-state index contributed by atoms with van der Waals surface area (Å²) in [6, 6.07) is 13.8. The van der Waals surface area contributed by atoms with Crippen LogP contribution in [-0.4, -0.2) is 72.5 Å². The molecule has 3 aromatic rings. The molecule has 5 rings (SSSR count). The van der Waals surface area contributed by atoms with E-state index in [4.69, 9.17) is 14.2 Å². The van der Waals surface area contributed by atoms with Gasteiger partial charge in [0.1, 0.15) is 11.9 Å². The maximum absolute atomic E-state index is 13.7. The van der Waals surface area contributed by atoms with Crippen molar-refractivity contribution in [2.24, 2.45) is 5.92 Å². The molecule has 0 aliphatic carbocycles. The topological polar surface area (TPSA) is 113 Å². The number of ether oxygens (including phenoxy) is 3. The number of rotatable bonds is 8. The van der Waals surface area contributed by atoms with Gasteiger partial charge in [0.15, 0.2) is 11.5 Å². The average molecular weight is 629 g/mol. The molecule has 2 heterocycles. The van der Waals surface area contributed by atoms with E-state index in [1.54, 1.807) is 42.2 Å². The van der Waals surface area contributed by atoms with Crippen molar-refractivity contribution in [1.82, 2.24) is 9.80 Å². The van der Waals surface area contributed by atoms with Crippen LogP contribution in [-0.2, 0) is 12.7 Å². The number of hydrogen-bond donors (Lipinski definition) is 3. The molecule has 240 valence electrons. The normalized spacial score (nSPS) is 18.5. The van der Waals surface area contributed by atoms with E-state index >= 15 is 0 Å². The fourth-order valence-electron chi connectivity index (χ4n) is 5.27. The van der Waals surface area contributed by atoms with Gasteiger partial charge in [-0.25, -0.2) is 4.79 Å². The van der Waals surface area contributed by atoms with Crippen molar-refractivity contribution in [1.29, 1.82) is 0 Å². The van der Waals surface area contributed by atoms with Crippen molar-refractivity contribution in [3.8, 4) is 17.2 Å². The third kappa shape index (κ3) is 7.60. The molecule has 0 aromatic heterocycles. The fraction of sp³-hybridized carbons (Fsp3) is 0.375. The van der Waals surface area contributed by atoms with Gasteiger partial charge >= 0.3 is 12.2 Å². The van der Waals surface area contributed by atoms with E-state index in [9.17, 15) is 27.9 Å². The quantitative estimate of drug-likeness (QED) is 0.305. The van der Waals surface area contributed by atoms with Crippen molar-refractivity contribution in [3.05, 3.63) is 77.4 Å². The largest absolute Gasteiger partial charge is 0.488 e. The zero-order chi connectivity index (χ0) is 32.3. The van der Waals surface area contributed by atoms with Crippen molar-refractivity contribution < 1.29 is 42.1 Å². The third-order valence-electron chi connectivity index (χ3n) is 7.78. The number of likely N-dealkylation sites (N-methyl/N-ethyl adjacent to an activating group) is 1. The Bertz CT molecular complexity index is 1530. The van der Waals surface area contributed by atoms with Gasteiger partial charge in [-0.1, -0.05) is 19.1 Å². The van der Waals surface area contributed by atoms with Gasteiger partial charge in [-0.3, -0.25) is 9.69 Å². The van der Waals surface area contributed by atoms with Crippen LogP contribution >= 0.6 is 0 Å². The number of carbonyl (C=O) groups excluding carboxylic acids is 2. The van der Waals surface area contributed by atoms with Crippen LogP contribution in [0.3, 0.4) is 0 Å². The van der Waals surface area contributed by atoms with E-state index in [1.807, 2.05) is 18.9 Å². The predicted molar refractivity (Wildman–Crippen MR) is 161 cm³/mol. The summed E-state index contributed by atoms with van der Waals surface area (Å²) in [4.78, 5) is 30.1. The Labute approximate surface area is 258 Å². The molecule has 0 bridgehead atoms. The number of amides is 3. The summed E-state index contributed by atoms with van der Waals surface area (Å²) in [7, 11) is 1.85. The second-order valence-corrected chi connectivity index (χ2v) is 11.4. The summed E-state index contributed by atoms with van der Waals surface area (Å²) in [5.41, 5.74) is 1.07. The number of urea groups is 1. The number of aliphatic hydroxyl groups is 1. The first-order valence-electron chi connectivity index (χ1n) is 14.5. The lowest BCUT2D eigenvalue weighted by molar-refractivity contribution is -0.137. The Kier molecular flexibility index (Phi) is 9.40. The minimum atomic E-state index is -4.40. The number of benzene rings is 3. The summed E-state index contributed by atoms with van der Waals surface area (Å²) in [6.07, 6.45) is -4.81. The number of nitrogens with one attached hydrogen (secondary N) is 2.